The summed E-state index contributed by atoms with van der Waals surface area (Å²) in [5, 5.41) is 4.34. The molecule has 2 rings (SSSR count). The number of benzene rings is 1. The number of thioether (sulfide) groups is 1. The van der Waals surface area contributed by atoms with Gasteiger partial charge in [-0.05, 0) is 51.2 Å². The molecule has 1 heterocycles. The lowest BCUT2D eigenvalue weighted by Crippen LogP contribution is -2.46. The molecule has 0 fully saturated rings. The van der Waals surface area contributed by atoms with Crippen molar-refractivity contribution in [3.05, 3.63) is 34.6 Å². The molecular weight excluding hydrogens is 370 g/mol. The molecule has 1 aromatic carbocycles. The summed E-state index contributed by atoms with van der Waals surface area (Å²) in [5.74, 6) is 0.187. The molecule has 0 bridgehead atoms. The average Bonchev–Trinajstić information content (AvgIpc) is 2.57. The minimum atomic E-state index is -0.289. The van der Waals surface area contributed by atoms with Gasteiger partial charge in [-0.3, -0.25) is 14.2 Å². The molecular formula is C22H33N3O2S. The maximum absolute atomic E-state index is 13.0. The summed E-state index contributed by atoms with van der Waals surface area (Å²) in [6, 6.07) is 7.39. The van der Waals surface area contributed by atoms with Crippen LogP contribution in [0.25, 0.3) is 10.9 Å². The lowest BCUT2D eigenvalue weighted by Gasteiger charge is -2.33. The summed E-state index contributed by atoms with van der Waals surface area (Å²) in [4.78, 5) is 30.2. The first-order valence-electron chi connectivity index (χ1n) is 9.88. The fourth-order valence-corrected chi connectivity index (χ4v) is 4.61. The number of aromatic nitrogens is 2. The van der Waals surface area contributed by atoms with Crippen molar-refractivity contribution in [2.75, 3.05) is 5.75 Å². The monoisotopic (exact) mass is 403 g/mol. The molecule has 0 radical (unpaired) electrons. The van der Waals surface area contributed by atoms with Crippen LogP contribution in [-0.2, 0) is 4.79 Å². The fourth-order valence-electron chi connectivity index (χ4n) is 3.71. The van der Waals surface area contributed by atoms with Crippen molar-refractivity contribution in [3.8, 4) is 0 Å². The van der Waals surface area contributed by atoms with Gasteiger partial charge in [0.2, 0.25) is 5.91 Å². The van der Waals surface area contributed by atoms with Gasteiger partial charge in [0.15, 0.2) is 5.16 Å². The van der Waals surface area contributed by atoms with E-state index in [-0.39, 0.29) is 34.2 Å². The second-order valence-electron chi connectivity index (χ2n) is 9.30. The summed E-state index contributed by atoms with van der Waals surface area (Å²) in [6.45, 7) is 14.6. The van der Waals surface area contributed by atoms with Gasteiger partial charge in [0, 0.05) is 11.6 Å². The highest BCUT2D eigenvalue weighted by Crippen LogP contribution is 2.27. The highest BCUT2D eigenvalue weighted by atomic mass is 32.2. The van der Waals surface area contributed by atoms with E-state index in [0.29, 0.717) is 16.1 Å². The zero-order valence-corrected chi connectivity index (χ0v) is 18.9. The zero-order chi connectivity index (χ0) is 21.1. The first-order valence-corrected chi connectivity index (χ1v) is 10.9. The molecule has 0 aliphatic heterocycles. The normalized spacial score (nSPS) is 13.5. The minimum Gasteiger partial charge on any atom is -0.350 e. The van der Waals surface area contributed by atoms with Crippen LogP contribution >= 0.6 is 11.8 Å². The maximum atomic E-state index is 13.0. The molecule has 0 aliphatic carbocycles. The van der Waals surface area contributed by atoms with Crippen LogP contribution in [0.15, 0.2) is 34.2 Å². The largest absolute Gasteiger partial charge is 0.350 e. The topological polar surface area (TPSA) is 64.0 Å². The van der Waals surface area contributed by atoms with Gasteiger partial charge in [-0.1, -0.05) is 51.6 Å². The Hall–Kier alpha value is -1.82. The number of para-hydroxylation sites is 1. The molecule has 0 spiro atoms. The summed E-state index contributed by atoms with van der Waals surface area (Å²) in [5.41, 5.74) is 0.461. The van der Waals surface area contributed by atoms with Crippen molar-refractivity contribution in [3.63, 3.8) is 0 Å². The molecule has 6 heteroatoms. The lowest BCUT2D eigenvalue weighted by molar-refractivity contribution is -0.120. The Morgan fingerprint density at radius 1 is 1.21 bits per heavy atom. The molecule has 1 N–H and O–H groups in total. The summed E-state index contributed by atoms with van der Waals surface area (Å²) >= 11 is 1.33. The van der Waals surface area contributed by atoms with Gasteiger partial charge in [-0.15, -0.1) is 0 Å². The molecule has 0 aliphatic rings. The third-order valence-electron chi connectivity index (χ3n) is 4.59. The smallest absolute Gasteiger partial charge is 0.262 e. The number of nitrogens with zero attached hydrogens (tertiary/aromatic N) is 2. The van der Waals surface area contributed by atoms with E-state index >= 15 is 0 Å². The van der Waals surface area contributed by atoms with Crippen LogP contribution in [0.2, 0.25) is 0 Å². The van der Waals surface area contributed by atoms with Crippen LogP contribution in [0.5, 0.6) is 0 Å². The van der Waals surface area contributed by atoms with Gasteiger partial charge in [0.1, 0.15) is 0 Å². The molecule has 0 saturated carbocycles. The first-order chi connectivity index (χ1) is 12.9. The van der Waals surface area contributed by atoms with E-state index < -0.39 is 0 Å². The number of hydrogen-bond donors (Lipinski definition) is 1. The number of hydrogen-bond acceptors (Lipinski definition) is 4. The molecule has 0 saturated heterocycles. The number of fused-ring (bicyclic) bond motifs is 1. The fraction of sp³-hybridized carbons (Fsp3) is 0.591. The van der Waals surface area contributed by atoms with Gasteiger partial charge in [-0.25, -0.2) is 4.98 Å². The van der Waals surface area contributed by atoms with E-state index in [0.717, 1.165) is 12.8 Å². The van der Waals surface area contributed by atoms with Gasteiger partial charge >= 0.3 is 0 Å². The Kier molecular flexibility index (Phi) is 6.97. The quantitative estimate of drug-likeness (QED) is 0.533. The maximum Gasteiger partial charge on any atom is 0.262 e. The van der Waals surface area contributed by atoms with Crippen molar-refractivity contribution in [1.82, 2.24) is 14.9 Å². The number of nitrogens with one attached hydrogen (secondary N) is 1. The van der Waals surface area contributed by atoms with E-state index in [2.05, 4.69) is 31.1 Å². The van der Waals surface area contributed by atoms with Crippen molar-refractivity contribution >= 4 is 28.6 Å². The highest BCUT2D eigenvalue weighted by molar-refractivity contribution is 7.99. The van der Waals surface area contributed by atoms with Crippen molar-refractivity contribution < 1.29 is 4.79 Å². The number of rotatable bonds is 7. The van der Waals surface area contributed by atoms with E-state index in [4.69, 9.17) is 0 Å². The highest BCUT2D eigenvalue weighted by Gasteiger charge is 2.27. The summed E-state index contributed by atoms with van der Waals surface area (Å²) < 4.78 is 1.72. The molecule has 28 heavy (non-hydrogen) atoms. The van der Waals surface area contributed by atoms with Crippen molar-refractivity contribution in [1.29, 1.82) is 0 Å². The SMILES string of the molecule is CC[C@H](C)n1c(SCC(=O)NC(C)(C)CC(C)(C)C)nc2ccccc2c1=O. The standard InChI is InChI=1S/C22H33N3O2S/c1-8-15(2)25-19(27)16-11-9-10-12-17(16)23-20(25)28-13-18(26)24-22(6,7)14-21(3,4)5/h9-12,15H,8,13-14H2,1-7H3,(H,24,26)/t15-/m0/s1. The van der Waals surface area contributed by atoms with Crippen LogP contribution < -0.4 is 10.9 Å². The first kappa shape index (κ1) is 22.5. The Balaban J connectivity index is 2.24. The predicted molar refractivity (Wildman–Crippen MR) is 118 cm³/mol. The molecule has 1 aromatic heterocycles. The van der Waals surface area contributed by atoms with Gasteiger partial charge in [-0.2, -0.15) is 0 Å². The molecule has 0 unspecified atom stereocenters. The van der Waals surface area contributed by atoms with Gasteiger partial charge in [0.05, 0.1) is 16.7 Å². The second-order valence-corrected chi connectivity index (χ2v) is 10.2. The minimum absolute atomic E-state index is 0.0208. The van der Waals surface area contributed by atoms with E-state index in [9.17, 15) is 9.59 Å². The number of carbonyl (C=O) groups excluding carboxylic acids is 1. The molecule has 1 atom stereocenters. The van der Waals surface area contributed by atoms with Crippen LogP contribution in [0.3, 0.4) is 0 Å². The molecule has 5 nitrogen and oxygen atoms in total. The third-order valence-corrected chi connectivity index (χ3v) is 5.54. The second kappa shape index (κ2) is 8.68. The Bertz CT molecular complexity index is 897. The molecule has 154 valence electrons. The van der Waals surface area contributed by atoms with Crippen LogP contribution in [-0.4, -0.2) is 26.8 Å². The van der Waals surface area contributed by atoms with Crippen LogP contribution in [0.1, 0.15) is 67.3 Å². The predicted octanol–water partition coefficient (Wildman–Crippen LogP) is 4.79. The van der Waals surface area contributed by atoms with Crippen LogP contribution in [0, 0.1) is 5.41 Å². The van der Waals surface area contributed by atoms with Crippen molar-refractivity contribution in [2.24, 2.45) is 5.41 Å². The van der Waals surface area contributed by atoms with Gasteiger partial charge < -0.3 is 5.32 Å². The zero-order valence-electron chi connectivity index (χ0n) is 18.1. The van der Waals surface area contributed by atoms with Crippen molar-refractivity contribution in [2.45, 2.75) is 78.0 Å². The van der Waals surface area contributed by atoms with Gasteiger partial charge in [0.25, 0.3) is 5.56 Å². The van der Waals surface area contributed by atoms with E-state index in [1.807, 2.05) is 45.9 Å². The Morgan fingerprint density at radius 3 is 2.46 bits per heavy atom. The van der Waals surface area contributed by atoms with E-state index in [1.165, 1.54) is 11.8 Å². The Labute approximate surface area is 172 Å². The molecule has 1 amide bonds. The molecule has 2 aromatic rings. The lowest BCUT2D eigenvalue weighted by atomic mass is 9.82. The summed E-state index contributed by atoms with van der Waals surface area (Å²) in [6.07, 6.45) is 1.69. The number of carbonyl (C=O) groups is 1. The van der Waals surface area contributed by atoms with Crippen LogP contribution in [0.4, 0.5) is 0 Å². The third kappa shape index (κ3) is 5.84. The Morgan fingerprint density at radius 2 is 1.86 bits per heavy atom. The number of amides is 1. The average molecular weight is 404 g/mol. The summed E-state index contributed by atoms with van der Waals surface area (Å²) in [7, 11) is 0. The van der Waals surface area contributed by atoms with E-state index in [1.54, 1.807) is 10.6 Å².